The van der Waals surface area contributed by atoms with E-state index in [1.165, 1.54) is 17.7 Å². The van der Waals surface area contributed by atoms with E-state index >= 15 is 4.39 Å². The molecule has 5 heterocycles. The lowest BCUT2D eigenvalue weighted by molar-refractivity contribution is -0.0763. The third-order valence-corrected chi connectivity index (χ3v) is 7.69. The molecule has 0 radical (unpaired) electrons. The minimum absolute atomic E-state index is 0.0649. The van der Waals surface area contributed by atoms with E-state index in [2.05, 4.69) is 32.2 Å². The van der Waals surface area contributed by atoms with E-state index in [0.29, 0.717) is 51.8 Å². The lowest BCUT2D eigenvalue weighted by Gasteiger charge is -2.44. The summed E-state index contributed by atoms with van der Waals surface area (Å²) in [6, 6.07) is 5.54. The van der Waals surface area contributed by atoms with Gasteiger partial charge in [-0.1, -0.05) is 6.92 Å². The van der Waals surface area contributed by atoms with Crippen LogP contribution in [-0.4, -0.2) is 81.0 Å². The highest BCUT2D eigenvalue weighted by Gasteiger charge is 2.33. The lowest BCUT2D eigenvalue weighted by Crippen LogP contribution is -2.55. The molecule has 2 aliphatic heterocycles. The van der Waals surface area contributed by atoms with Crippen LogP contribution in [0.25, 0.3) is 27.7 Å². The van der Waals surface area contributed by atoms with Crippen molar-refractivity contribution in [3.8, 4) is 17.0 Å². The number of anilines is 1. The molecule has 4 aromatic rings. The molecule has 1 aromatic carbocycles. The molecule has 3 aromatic heterocycles. The topological polar surface area (TPSA) is 81.7 Å². The van der Waals surface area contributed by atoms with Gasteiger partial charge in [0.1, 0.15) is 16.9 Å². The fraction of sp³-hybridized carbons (Fsp3) is 0.500. The SMILES string of the molecule is COc1nc(N[C@H]2CCN(C3COC3)C[C@H]2C)nn2ccc(-c3cc(F)c4nc(C)n(CC(F)F)c4c3)c12. The first-order valence-corrected chi connectivity index (χ1v) is 12.8. The maximum atomic E-state index is 15.1. The Morgan fingerprint density at radius 1 is 1.24 bits per heavy atom. The summed E-state index contributed by atoms with van der Waals surface area (Å²) < 4.78 is 55.4. The Balaban J connectivity index is 1.32. The van der Waals surface area contributed by atoms with Gasteiger partial charge >= 0.3 is 0 Å². The molecular weight excluding hydrogens is 499 g/mol. The molecular formula is C26H30F3N7O2. The monoisotopic (exact) mass is 529 g/mol. The first kappa shape index (κ1) is 24.9. The van der Waals surface area contributed by atoms with E-state index in [0.717, 1.165) is 32.7 Å². The molecule has 12 heteroatoms. The van der Waals surface area contributed by atoms with E-state index in [4.69, 9.17) is 9.47 Å². The normalized spacial score (nSPS) is 20.9. The van der Waals surface area contributed by atoms with Gasteiger partial charge in [-0.15, -0.1) is 5.10 Å². The predicted octanol–water partition coefficient (Wildman–Crippen LogP) is 3.99. The fourth-order valence-electron chi connectivity index (χ4n) is 5.57. The molecule has 9 nitrogen and oxygen atoms in total. The number of hydrogen-bond donors (Lipinski definition) is 1. The Morgan fingerprint density at radius 3 is 2.74 bits per heavy atom. The first-order chi connectivity index (χ1) is 18.3. The number of rotatable bonds is 7. The number of nitrogens with one attached hydrogen (secondary N) is 1. The van der Waals surface area contributed by atoms with Crippen molar-refractivity contribution in [2.75, 3.05) is 38.7 Å². The van der Waals surface area contributed by atoms with Crippen molar-refractivity contribution in [1.29, 1.82) is 0 Å². The number of piperidine rings is 1. The smallest absolute Gasteiger partial charge is 0.256 e. The summed E-state index contributed by atoms with van der Waals surface area (Å²) in [4.78, 5) is 11.3. The van der Waals surface area contributed by atoms with Gasteiger partial charge in [0, 0.05) is 30.9 Å². The van der Waals surface area contributed by atoms with Crippen LogP contribution in [0.5, 0.6) is 5.88 Å². The van der Waals surface area contributed by atoms with E-state index in [1.54, 1.807) is 29.8 Å². The lowest BCUT2D eigenvalue weighted by atomic mass is 9.92. The number of aryl methyl sites for hydroxylation is 1. The van der Waals surface area contributed by atoms with E-state index in [9.17, 15) is 8.78 Å². The van der Waals surface area contributed by atoms with Crippen LogP contribution in [-0.2, 0) is 11.3 Å². The Hall–Kier alpha value is -3.38. The largest absolute Gasteiger partial charge is 0.479 e. The molecule has 0 aliphatic carbocycles. The number of aromatic nitrogens is 5. The first-order valence-electron chi connectivity index (χ1n) is 12.8. The van der Waals surface area contributed by atoms with E-state index in [1.807, 2.05) is 0 Å². The molecule has 0 saturated carbocycles. The van der Waals surface area contributed by atoms with Crippen LogP contribution in [0.1, 0.15) is 19.2 Å². The number of nitrogens with zero attached hydrogens (tertiary/aromatic N) is 6. The molecule has 202 valence electrons. The summed E-state index contributed by atoms with van der Waals surface area (Å²) in [6.07, 6.45) is 0.130. The van der Waals surface area contributed by atoms with E-state index < -0.39 is 18.8 Å². The number of benzene rings is 1. The number of fused-ring (bicyclic) bond motifs is 2. The van der Waals surface area contributed by atoms with Crippen molar-refractivity contribution in [3.63, 3.8) is 0 Å². The van der Waals surface area contributed by atoms with Gasteiger partial charge in [-0.25, -0.2) is 22.7 Å². The zero-order chi connectivity index (χ0) is 26.6. The van der Waals surface area contributed by atoms with Crippen molar-refractivity contribution < 1.29 is 22.6 Å². The number of alkyl halides is 2. The second kappa shape index (κ2) is 9.73. The highest BCUT2D eigenvalue weighted by molar-refractivity contribution is 5.90. The van der Waals surface area contributed by atoms with Gasteiger partial charge in [-0.3, -0.25) is 4.90 Å². The third kappa shape index (κ3) is 4.35. The zero-order valence-corrected chi connectivity index (χ0v) is 21.5. The second-order valence-electron chi connectivity index (χ2n) is 10.2. The second-order valence-corrected chi connectivity index (χ2v) is 10.2. The number of ether oxygens (including phenoxy) is 2. The van der Waals surface area contributed by atoms with Crippen LogP contribution in [0.4, 0.5) is 19.1 Å². The van der Waals surface area contributed by atoms with Gasteiger partial charge in [0.25, 0.3) is 6.43 Å². The number of halogens is 3. The summed E-state index contributed by atoms with van der Waals surface area (Å²) in [5.74, 6) is 0.917. The van der Waals surface area contributed by atoms with Crippen LogP contribution >= 0.6 is 0 Å². The molecule has 2 atom stereocenters. The summed E-state index contributed by atoms with van der Waals surface area (Å²) in [6.45, 7) is 6.83. The molecule has 0 spiro atoms. The molecule has 6 rings (SSSR count). The molecule has 0 amide bonds. The summed E-state index contributed by atoms with van der Waals surface area (Å²) in [5, 5.41) is 8.14. The molecule has 0 unspecified atom stereocenters. The molecule has 38 heavy (non-hydrogen) atoms. The summed E-state index contributed by atoms with van der Waals surface area (Å²) in [7, 11) is 1.52. The fourth-order valence-corrected chi connectivity index (χ4v) is 5.57. The molecule has 1 N–H and O–H groups in total. The zero-order valence-electron chi connectivity index (χ0n) is 21.5. The number of methoxy groups -OCH3 is 1. The van der Waals surface area contributed by atoms with Crippen molar-refractivity contribution in [2.45, 2.75) is 45.3 Å². The minimum atomic E-state index is -2.59. The number of imidazole rings is 1. The van der Waals surface area contributed by atoms with Gasteiger partial charge in [0.15, 0.2) is 5.82 Å². The average molecular weight is 530 g/mol. The van der Waals surface area contributed by atoms with Gasteiger partial charge in [-0.2, -0.15) is 4.98 Å². The highest BCUT2D eigenvalue weighted by atomic mass is 19.3. The maximum Gasteiger partial charge on any atom is 0.256 e. The van der Waals surface area contributed by atoms with Crippen molar-refractivity contribution in [1.82, 2.24) is 29.0 Å². The molecule has 2 aliphatic rings. The predicted molar refractivity (Wildman–Crippen MR) is 136 cm³/mol. The van der Waals surface area contributed by atoms with Crippen LogP contribution in [0.15, 0.2) is 24.4 Å². The Morgan fingerprint density at radius 2 is 2.05 bits per heavy atom. The van der Waals surface area contributed by atoms with E-state index in [-0.39, 0.29) is 11.6 Å². The van der Waals surface area contributed by atoms with Crippen LogP contribution in [0, 0.1) is 18.7 Å². The summed E-state index contributed by atoms with van der Waals surface area (Å²) >= 11 is 0. The van der Waals surface area contributed by atoms with Crippen LogP contribution < -0.4 is 10.1 Å². The third-order valence-electron chi connectivity index (χ3n) is 7.69. The number of hydrogen-bond acceptors (Lipinski definition) is 7. The van der Waals surface area contributed by atoms with Crippen molar-refractivity contribution >= 4 is 22.5 Å². The Bertz CT molecular complexity index is 1480. The standard InChI is InChI=1S/C26H30F3N7O2/c1-14-10-34(17-12-38-13-17)6-5-20(14)31-26-32-25(37-3)24-18(4-7-36(24)33-26)16-8-19(27)23-21(9-16)35(11-22(28)29)15(2)30-23/h4,7-9,14,17,20,22H,5-6,10-13H2,1-3H3,(H,31,33)/t14-,20+/m1/s1. The molecule has 2 saturated heterocycles. The van der Waals surface area contributed by atoms with Crippen LogP contribution in [0.2, 0.25) is 0 Å². The number of likely N-dealkylation sites (tertiary alicyclic amines) is 1. The maximum absolute atomic E-state index is 15.1. The Labute approximate surface area is 217 Å². The quantitative estimate of drug-likeness (QED) is 0.388. The van der Waals surface area contributed by atoms with Gasteiger partial charge < -0.3 is 19.4 Å². The van der Waals surface area contributed by atoms with Crippen molar-refractivity contribution in [2.24, 2.45) is 5.92 Å². The van der Waals surface area contributed by atoms with Gasteiger partial charge in [0.05, 0.1) is 38.4 Å². The summed E-state index contributed by atoms with van der Waals surface area (Å²) in [5.41, 5.74) is 2.05. The molecule has 0 bridgehead atoms. The van der Waals surface area contributed by atoms with Gasteiger partial charge in [0.2, 0.25) is 11.8 Å². The Kier molecular flexibility index (Phi) is 6.39. The minimum Gasteiger partial charge on any atom is -0.479 e. The van der Waals surface area contributed by atoms with Gasteiger partial charge in [-0.05, 0) is 43.0 Å². The van der Waals surface area contributed by atoms with Crippen LogP contribution in [0.3, 0.4) is 0 Å². The average Bonchev–Trinajstić information content (AvgIpc) is 3.40. The molecule has 2 fully saturated rings. The van der Waals surface area contributed by atoms with Crippen molar-refractivity contribution in [3.05, 3.63) is 36.0 Å². The highest BCUT2D eigenvalue weighted by Crippen LogP contribution is 2.35.